The molecule has 2 nitrogen and oxygen atoms in total. The molecule has 0 amide bonds. The maximum Gasteiger partial charge on any atom is 0.169 e. The van der Waals surface area contributed by atoms with Gasteiger partial charge in [-0.1, -0.05) is 206 Å². The van der Waals surface area contributed by atoms with Gasteiger partial charge in [0.2, 0.25) is 0 Å². The average Bonchev–Trinajstić information content (AvgIpc) is 4.00. The third-order valence-corrected chi connectivity index (χ3v) is 11.8. The Bertz CT molecular complexity index is 924. The molecule has 0 radical (unpaired) electrons. The van der Waals surface area contributed by atoms with Gasteiger partial charge in [0.05, 0.1) is 0 Å². The molecule has 0 aromatic carbocycles. The summed E-state index contributed by atoms with van der Waals surface area (Å²) >= 11 is 0. The molecule has 0 saturated heterocycles. The summed E-state index contributed by atoms with van der Waals surface area (Å²) in [6.07, 6.45) is 57.0. The van der Waals surface area contributed by atoms with Gasteiger partial charge in [-0.05, 0) is 41.5 Å². The van der Waals surface area contributed by atoms with Gasteiger partial charge in [0.25, 0.3) is 0 Å². The third kappa shape index (κ3) is 22.0. The van der Waals surface area contributed by atoms with E-state index in [1.165, 1.54) is 223 Å². The van der Waals surface area contributed by atoms with Gasteiger partial charge in [-0.25, -0.2) is 4.57 Å². The summed E-state index contributed by atoms with van der Waals surface area (Å²) in [5.41, 5.74) is 2.50. The Morgan fingerprint density at radius 3 is 1.24 bits per heavy atom. The quantitative estimate of drug-likeness (QED) is 0.114. The first kappa shape index (κ1) is 41.7. The molecular weight excluding hydrogens is 593 g/mol. The number of rotatable bonds is 18. The topological polar surface area (TPSA) is 16.8 Å². The van der Waals surface area contributed by atoms with Crippen LogP contribution in [-0.2, 0) is 6.54 Å². The van der Waals surface area contributed by atoms with Crippen LogP contribution in [0.1, 0.15) is 219 Å². The number of hydrogen-bond acceptors (Lipinski definition) is 1. The molecule has 49 heavy (non-hydrogen) atoms. The van der Waals surface area contributed by atoms with Gasteiger partial charge >= 0.3 is 0 Å². The molecule has 0 atom stereocenters. The van der Waals surface area contributed by atoms with Crippen LogP contribution in [0.2, 0.25) is 0 Å². The van der Waals surface area contributed by atoms with Crippen molar-refractivity contribution in [1.82, 2.24) is 4.98 Å². The molecule has 6 rings (SSSR count). The van der Waals surface area contributed by atoms with Crippen molar-refractivity contribution in [2.24, 2.45) is 11.8 Å². The first-order chi connectivity index (χ1) is 24.3. The number of aromatic nitrogens is 2. The predicted molar refractivity (Wildman–Crippen MR) is 215 cm³/mol. The number of unbranched alkanes of at least 4 members (excludes halogenated alkanes) is 11. The van der Waals surface area contributed by atoms with Crippen molar-refractivity contribution in [2.75, 3.05) is 0 Å². The largest absolute Gasteiger partial charge is 0.265 e. The minimum absolute atomic E-state index is 1.08. The SMILES string of the molecule is C1CCCC1.C1CCCC1.CCCCCCCCCC1CCCC1.c1cc(-c2cc[n+](CCCCCCCCC3CCCC3)cc2)ccn1. The molecule has 0 bridgehead atoms. The number of pyridine rings is 2. The summed E-state index contributed by atoms with van der Waals surface area (Å²) in [7, 11) is 0. The molecule has 2 heteroatoms. The van der Waals surface area contributed by atoms with Crippen LogP contribution >= 0.6 is 0 Å². The average molecular weight is 674 g/mol. The van der Waals surface area contributed by atoms with E-state index in [4.69, 9.17) is 0 Å². The lowest BCUT2D eigenvalue weighted by atomic mass is 9.99. The molecule has 4 fully saturated rings. The molecule has 2 heterocycles. The Kier molecular flexibility index (Phi) is 25.5. The van der Waals surface area contributed by atoms with E-state index in [0.717, 1.165) is 18.4 Å². The Balaban J connectivity index is 0.000000223. The van der Waals surface area contributed by atoms with Crippen molar-refractivity contribution in [3.05, 3.63) is 49.1 Å². The van der Waals surface area contributed by atoms with Crippen molar-refractivity contribution < 1.29 is 4.57 Å². The van der Waals surface area contributed by atoms with Gasteiger partial charge in [0.15, 0.2) is 12.4 Å². The summed E-state index contributed by atoms with van der Waals surface area (Å²) in [6.45, 7) is 3.43. The minimum atomic E-state index is 1.08. The number of hydrogen-bond donors (Lipinski definition) is 0. The van der Waals surface area contributed by atoms with Crippen molar-refractivity contribution in [3.63, 3.8) is 0 Å². The van der Waals surface area contributed by atoms with Crippen LogP contribution in [0.25, 0.3) is 11.1 Å². The number of nitrogens with zero attached hydrogens (tertiary/aromatic N) is 2. The van der Waals surface area contributed by atoms with E-state index in [9.17, 15) is 0 Å². The fraction of sp³-hybridized carbons (Fsp3) is 0.787. The third-order valence-electron chi connectivity index (χ3n) is 11.8. The molecule has 4 saturated carbocycles. The summed E-state index contributed by atoms with van der Waals surface area (Å²) in [5, 5.41) is 0. The van der Waals surface area contributed by atoms with Crippen molar-refractivity contribution in [1.29, 1.82) is 0 Å². The minimum Gasteiger partial charge on any atom is -0.265 e. The van der Waals surface area contributed by atoms with E-state index in [1.54, 1.807) is 0 Å². The van der Waals surface area contributed by atoms with Crippen LogP contribution in [0.4, 0.5) is 0 Å². The molecule has 0 spiro atoms. The summed E-state index contributed by atoms with van der Waals surface area (Å²) in [5.74, 6) is 2.19. The molecule has 0 N–H and O–H groups in total. The molecule has 278 valence electrons. The molecule has 2 aromatic rings. The lowest BCUT2D eigenvalue weighted by Gasteiger charge is -2.07. The second-order valence-corrected chi connectivity index (χ2v) is 16.2. The van der Waals surface area contributed by atoms with Crippen molar-refractivity contribution >= 4 is 0 Å². The van der Waals surface area contributed by atoms with Gasteiger partial charge in [-0.2, -0.15) is 0 Å². The zero-order valence-electron chi connectivity index (χ0n) is 32.7. The highest BCUT2D eigenvalue weighted by Gasteiger charge is 2.14. The zero-order chi connectivity index (χ0) is 34.3. The predicted octanol–water partition coefficient (Wildman–Crippen LogP) is 15.2. The summed E-state index contributed by atoms with van der Waals surface area (Å²) in [4.78, 5) is 4.08. The second kappa shape index (κ2) is 30.0. The van der Waals surface area contributed by atoms with Crippen LogP contribution in [0.3, 0.4) is 0 Å². The lowest BCUT2D eigenvalue weighted by Crippen LogP contribution is -2.32. The molecule has 2 aromatic heterocycles. The van der Waals surface area contributed by atoms with Crippen LogP contribution in [0, 0.1) is 11.8 Å². The monoisotopic (exact) mass is 674 g/mol. The fourth-order valence-corrected chi connectivity index (χ4v) is 8.53. The van der Waals surface area contributed by atoms with Crippen molar-refractivity contribution in [3.8, 4) is 11.1 Å². The Morgan fingerprint density at radius 2 is 0.816 bits per heavy atom. The maximum absolute atomic E-state index is 4.08. The highest BCUT2D eigenvalue weighted by molar-refractivity contribution is 5.61. The highest BCUT2D eigenvalue weighted by atomic mass is 14.9. The van der Waals surface area contributed by atoms with Gasteiger partial charge in [-0.15, -0.1) is 0 Å². The lowest BCUT2D eigenvalue weighted by molar-refractivity contribution is -0.697. The zero-order valence-corrected chi connectivity index (χ0v) is 32.7. The van der Waals surface area contributed by atoms with Gasteiger partial charge in [-0.3, -0.25) is 4.98 Å². The summed E-state index contributed by atoms with van der Waals surface area (Å²) in [6, 6.07) is 8.54. The van der Waals surface area contributed by atoms with Gasteiger partial charge < -0.3 is 0 Å². The van der Waals surface area contributed by atoms with Crippen LogP contribution < -0.4 is 4.57 Å². The summed E-state index contributed by atoms with van der Waals surface area (Å²) < 4.78 is 2.31. The standard InChI is InChI=1S/C23H33N2.C14H28.2C5H10/c1(3-5-9-21-10-6-7-11-21)2-4-8-18-25-19-14-23(15-20-25)22-12-16-24-17-13-22;1-2-3-4-5-6-7-8-11-14-12-9-10-13-14;2*1-2-4-5-3-1/h12-17,19-21H,1-11,18H2;14H,2-13H2,1H3;2*1-5H2/q+1;;;. The smallest absolute Gasteiger partial charge is 0.169 e. The molecule has 4 aliphatic carbocycles. The van der Waals surface area contributed by atoms with E-state index < -0.39 is 0 Å². The fourth-order valence-electron chi connectivity index (χ4n) is 8.53. The van der Waals surface area contributed by atoms with Gasteiger partial charge in [0, 0.05) is 30.9 Å². The van der Waals surface area contributed by atoms with Crippen LogP contribution in [0.5, 0.6) is 0 Å². The first-order valence-electron chi connectivity index (χ1n) is 22.2. The second-order valence-electron chi connectivity index (χ2n) is 16.2. The molecule has 0 unspecified atom stereocenters. The molecular formula is C47H81N2+. The van der Waals surface area contributed by atoms with Crippen LogP contribution in [0.15, 0.2) is 49.1 Å². The van der Waals surface area contributed by atoms with Gasteiger partial charge in [0.1, 0.15) is 6.54 Å². The van der Waals surface area contributed by atoms with E-state index in [0.29, 0.717) is 0 Å². The number of aryl methyl sites for hydroxylation is 1. The van der Waals surface area contributed by atoms with E-state index in [1.807, 2.05) is 12.4 Å². The molecule has 0 aliphatic heterocycles. The van der Waals surface area contributed by atoms with E-state index >= 15 is 0 Å². The molecule has 4 aliphatic rings. The van der Waals surface area contributed by atoms with E-state index in [2.05, 4.69) is 53.1 Å². The highest BCUT2D eigenvalue weighted by Crippen LogP contribution is 2.30. The Labute approximate surface area is 306 Å². The Hall–Kier alpha value is -1.70. The first-order valence-corrected chi connectivity index (χ1v) is 22.2. The Morgan fingerprint density at radius 1 is 0.449 bits per heavy atom. The maximum atomic E-state index is 4.08. The normalized spacial score (nSPS) is 17.6. The van der Waals surface area contributed by atoms with Crippen molar-refractivity contribution in [2.45, 2.75) is 225 Å². The van der Waals surface area contributed by atoms with Crippen LogP contribution in [-0.4, -0.2) is 4.98 Å². The van der Waals surface area contributed by atoms with E-state index in [-0.39, 0.29) is 0 Å².